The molecule has 0 radical (unpaired) electrons. The van der Waals surface area contributed by atoms with E-state index in [1.807, 2.05) is 20.8 Å². The minimum absolute atomic E-state index is 0.171. The number of hydrogen-bond acceptors (Lipinski definition) is 5. The van der Waals surface area contributed by atoms with Crippen molar-refractivity contribution in [2.45, 2.75) is 52.1 Å². The first kappa shape index (κ1) is 20.6. The molecule has 1 aliphatic rings. The van der Waals surface area contributed by atoms with E-state index in [0.717, 1.165) is 37.2 Å². The van der Waals surface area contributed by atoms with Gasteiger partial charge in [0, 0.05) is 24.2 Å². The molecule has 0 saturated carbocycles. The van der Waals surface area contributed by atoms with Gasteiger partial charge in [-0.3, -0.25) is 0 Å². The van der Waals surface area contributed by atoms with Crippen LogP contribution in [0.25, 0.3) is 5.52 Å². The third-order valence-corrected chi connectivity index (χ3v) is 5.86. The maximum atomic E-state index is 11.9. The first-order valence-electron chi connectivity index (χ1n) is 9.86. The number of rotatable bonds is 6. The monoisotopic (exact) mass is 389 g/mol. The van der Waals surface area contributed by atoms with Gasteiger partial charge in [-0.15, -0.1) is 5.10 Å². The summed E-state index contributed by atoms with van der Waals surface area (Å²) in [6.45, 7) is 10.3. The molecule has 28 heavy (non-hydrogen) atoms. The zero-order valence-corrected chi connectivity index (χ0v) is 17.4. The molecule has 3 rings (SSSR count). The third kappa shape index (κ3) is 4.00. The number of piperidine rings is 1. The van der Waals surface area contributed by atoms with Crippen molar-refractivity contribution in [2.75, 3.05) is 26.7 Å². The highest BCUT2D eigenvalue weighted by atomic mass is 16.5. The molecule has 7 nitrogen and oxygen atoms in total. The number of fused-ring (bicyclic) bond motifs is 1. The van der Waals surface area contributed by atoms with E-state index in [9.17, 15) is 15.0 Å². The lowest BCUT2D eigenvalue weighted by Crippen LogP contribution is -2.43. The lowest BCUT2D eigenvalue weighted by atomic mass is 9.82. The zero-order valence-electron chi connectivity index (χ0n) is 17.4. The number of nitrogens with zero attached hydrogens (tertiary/aromatic N) is 3. The number of aliphatic hydroxyl groups is 1. The van der Waals surface area contributed by atoms with Gasteiger partial charge in [-0.1, -0.05) is 6.92 Å². The molecule has 2 N–H and O–H groups in total. The van der Waals surface area contributed by atoms with Gasteiger partial charge in [0.05, 0.1) is 23.8 Å². The number of aromatic nitrogens is 2. The Morgan fingerprint density at radius 3 is 2.54 bits per heavy atom. The fraction of sp³-hybridized carbons (Fsp3) is 0.619. The highest BCUT2D eigenvalue weighted by Gasteiger charge is 2.32. The van der Waals surface area contributed by atoms with E-state index in [4.69, 9.17) is 4.74 Å². The van der Waals surface area contributed by atoms with E-state index < -0.39 is 11.6 Å². The summed E-state index contributed by atoms with van der Waals surface area (Å²) in [6, 6.07) is 3.47. The van der Waals surface area contributed by atoms with Gasteiger partial charge in [-0.2, -0.15) is 0 Å². The lowest BCUT2D eigenvalue weighted by Gasteiger charge is -2.37. The van der Waals surface area contributed by atoms with Crippen LogP contribution in [0.15, 0.2) is 12.1 Å². The molecule has 0 amide bonds. The second-order valence-electron chi connectivity index (χ2n) is 8.58. The van der Waals surface area contributed by atoms with E-state index in [0.29, 0.717) is 29.4 Å². The maximum Gasteiger partial charge on any atom is 0.338 e. The van der Waals surface area contributed by atoms with Gasteiger partial charge in [0.1, 0.15) is 0 Å². The van der Waals surface area contributed by atoms with E-state index in [1.54, 1.807) is 23.8 Å². The summed E-state index contributed by atoms with van der Waals surface area (Å²) in [5.41, 5.74) is 1.96. The van der Waals surface area contributed by atoms with Crippen LogP contribution in [0, 0.1) is 12.8 Å². The van der Waals surface area contributed by atoms with E-state index >= 15 is 0 Å². The quantitative estimate of drug-likeness (QED) is 0.790. The van der Waals surface area contributed by atoms with Crippen LogP contribution in [-0.2, 0) is 0 Å². The predicted octanol–water partition coefficient (Wildman–Crippen LogP) is 2.94. The minimum atomic E-state index is -0.930. The number of methoxy groups -OCH3 is 1. The molecule has 0 spiro atoms. The van der Waals surface area contributed by atoms with Crippen LogP contribution in [0.4, 0.5) is 0 Å². The molecule has 1 saturated heterocycles. The van der Waals surface area contributed by atoms with E-state index in [2.05, 4.69) is 16.9 Å². The van der Waals surface area contributed by atoms with Crippen molar-refractivity contribution in [1.82, 2.24) is 14.5 Å². The van der Waals surface area contributed by atoms with Gasteiger partial charge < -0.3 is 19.8 Å². The molecule has 2 aromatic heterocycles. The number of carbonyl (C=O) groups is 1. The molecule has 154 valence electrons. The first-order chi connectivity index (χ1) is 13.1. The summed E-state index contributed by atoms with van der Waals surface area (Å²) in [4.78, 5) is 14.2. The highest BCUT2D eigenvalue weighted by Crippen LogP contribution is 2.37. The van der Waals surface area contributed by atoms with Crippen molar-refractivity contribution in [3.63, 3.8) is 0 Å². The van der Waals surface area contributed by atoms with Gasteiger partial charge in [0.15, 0.2) is 0 Å². The molecule has 3 heterocycles. The Morgan fingerprint density at radius 2 is 2.00 bits per heavy atom. The second kappa shape index (κ2) is 7.72. The third-order valence-electron chi connectivity index (χ3n) is 5.86. The van der Waals surface area contributed by atoms with E-state index in [-0.39, 0.29) is 5.92 Å². The zero-order chi connectivity index (χ0) is 20.6. The van der Waals surface area contributed by atoms with Crippen molar-refractivity contribution in [1.29, 1.82) is 0 Å². The van der Waals surface area contributed by atoms with Crippen molar-refractivity contribution in [2.24, 2.45) is 5.92 Å². The number of ether oxygens (including phenoxy) is 1. The first-order valence-corrected chi connectivity index (χ1v) is 9.86. The fourth-order valence-electron chi connectivity index (χ4n) is 4.55. The molecular formula is C21H31N3O4. The Bertz CT molecular complexity index is 861. The van der Waals surface area contributed by atoms with E-state index in [1.165, 1.54) is 0 Å². The molecular weight excluding hydrogens is 358 g/mol. The van der Waals surface area contributed by atoms with Crippen molar-refractivity contribution < 1.29 is 19.7 Å². The molecule has 1 fully saturated rings. The number of β-amino-alcohol motifs (C(OH)–C–C–N with tert-alkyl or cyclic N) is 1. The Balaban J connectivity index is 1.91. The minimum Gasteiger partial charge on any atom is -0.480 e. The van der Waals surface area contributed by atoms with Crippen molar-refractivity contribution in [3.05, 3.63) is 29.0 Å². The molecule has 1 atom stereocenters. The molecule has 0 bridgehead atoms. The standard InChI is InChI=1S/C21H31N3O4/c1-13(15-8-10-23(11-9-15)12-21(3,4)27)19-14(2)18(20(25)26)16-6-7-17(28-5)22-24(16)19/h6-7,13,15,27H,8-12H2,1-5H3,(H,25,26). The van der Waals surface area contributed by atoms with Crippen molar-refractivity contribution >= 4 is 11.5 Å². The Kier molecular flexibility index (Phi) is 5.68. The van der Waals surface area contributed by atoms with Crippen molar-refractivity contribution in [3.8, 4) is 5.88 Å². The molecule has 7 heteroatoms. The molecule has 0 aromatic carbocycles. The summed E-state index contributed by atoms with van der Waals surface area (Å²) >= 11 is 0. The molecule has 1 unspecified atom stereocenters. The average molecular weight is 389 g/mol. The lowest BCUT2D eigenvalue weighted by molar-refractivity contribution is 0.0229. The molecule has 1 aliphatic heterocycles. The summed E-state index contributed by atoms with van der Waals surface area (Å²) in [5, 5.41) is 24.3. The summed E-state index contributed by atoms with van der Waals surface area (Å²) in [5.74, 6) is 0.141. The fourth-order valence-corrected chi connectivity index (χ4v) is 4.55. The summed E-state index contributed by atoms with van der Waals surface area (Å²) in [6.07, 6.45) is 2.02. The van der Waals surface area contributed by atoms with Gasteiger partial charge in [-0.05, 0) is 64.3 Å². The average Bonchev–Trinajstić information content (AvgIpc) is 2.91. The number of likely N-dealkylation sites (tertiary alicyclic amines) is 1. The van der Waals surface area contributed by atoms with Crippen LogP contribution < -0.4 is 4.74 Å². The largest absolute Gasteiger partial charge is 0.480 e. The SMILES string of the molecule is COc1ccc2c(C(=O)O)c(C)c(C(C)C3CCN(CC(C)(C)O)CC3)n2n1. The smallest absolute Gasteiger partial charge is 0.338 e. The predicted molar refractivity (Wildman–Crippen MR) is 107 cm³/mol. The van der Waals surface area contributed by atoms with Gasteiger partial charge >= 0.3 is 5.97 Å². The van der Waals surface area contributed by atoms with Gasteiger partial charge in [0.25, 0.3) is 0 Å². The van der Waals surface area contributed by atoms with Gasteiger partial charge in [-0.25, -0.2) is 9.31 Å². The molecule has 0 aliphatic carbocycles. The maximum absolute atomic E-state index is 11.9. The van der Waals surface area contributed by atoms with Crippen LogP contribution in [0.1, 0.15) is 61.1 Å². The topological polar surface area (TPSA) is 87.3 Å². The number of carboxylic acids is 1. The Labute approximate surface area is 165 Å². The van der Waals surface area contributed by atoms with Crippen LogP contribution in [-0.4, -0.2) is 63.0 Å². The highest BCUT2D eigenvalue weighted by molar-refractivity contribution is 5.98. The Hall–Kier alpha value is -2.12. The van der Waals surface area contributed by atoms with Crippen LogP contribution in [0.5, 0.6) is 5.88 Å². The number of hydrogen-bond donors (Lipinski definition) is 2. The van der Waals surface area contributed by atoms with Gasteiger partial charge in [0.2, 0.25) is 5.88 Å². The Morgan fingerprint density at radius 1 is 1.36 bits per heavy atom. The van der Waals surface area contributed by atoms with Crippen LogP contribution in [0.3, 0.4) is 0 Å². The van der Waals surface area contributed by atoms with Crippen LogP contribution in [0.2, 0.25) is 0 Å². The summed E-state index contributed by atoms with van der Waals surface area (Å²) < 4.78 is 7.02. The number of carboxylic acid groups (broad SMARTS) is 1. The second-order valence-corrected chi connectivity index (χ2v) is 8.58. The molecule has 2 aromatic rings. The number of aromatic carboxylic acids is 1. The normalized spacial score (nSPS) is 17.8. The summed E-state index contributed by atoms with van der Waals surface area (Å²) in [7, 11) is 1.56. The van der Waals surface area contributed by atoms with Crippen LogP contribution >= 0.6 is 0 Å².